The third-order valence-corrected chi connectivity index (χ3v) is 4.49. The molecule has 1 unspecified atom stereocenters. The maximum absolute atomic E-state index is 12.4. The van der Waals surface area contributed by atoms with Gasteiger partial charge >= 0.3 is 0 Å². The van der Waals surface area contributed by atoms with E-state index >= 15 is 0 Å². The van der Waals surface area contributed by atoms with Gasteiger partial charge in [-0.15, -0.1) is 0 Å². The molecule has 1 heterocycles. The summed E-state index contributed by atoms with van der Waals surface area (Å²) in [7, 11) is 0. The van der Waals surface area contributed by atoms with Gasteiger partial charge in [0.15, 0.2) is 0 Å². The Morgan fingerprint density at radius 2 is 2.00 bits per heavy atom. The van der Waals surface area contributed by atoms with Gasteiger partial charge in [0, 0.05) is 18.5 Å². The molecule has 1 aliphatic heterocycles. The van der Waals surface area contributed by atoms with E-state index in [1.807, 2.05) is 0 Å². The lowest BCUT2D eigenvalue weighted by atomic mass is 10.0. The monoisotopic (exact) mass is 252 g/mol. The van der Waals surface area contributed by atoms with Crippen LogP contribution >= 0.6 is 0 Å². The molecular formula is C15H28N2O. The maximum Gasteiger partial charge on any atom is 0.223 e. The van der Waals surface area contributed by atoms with Crippen LogP contribution in [0.2, 0.25) is 0 Å². The minimum atomic E-state index is 0.363. The van der Waals surface area contributed by atoms with Crippen LogP contribution in [0, 0.1) is 5.92 Å². The molecule has 0 aromatic carbocycles. The topological polar surface area (TPSA) is 32.3 Å². The largest absolute Gasteiger partial charge is 0.337 e. The molecule has 1 aliphatic carbocycles. The summed E-state index contributed by atoms with van der Waals surface area (Å²) in [5.74, 6) is 1.12. The molecule has 1 amide bonds. The van der Waals surface area contributed by atoms with Crippen molar-refractivity contribution in [1.29, 1.82) is 0 Å². The van der Waals surface area contributed by atoms with Crippen LogP contribution in [0.5, 0.6) is 0 Å². The van der Waals surface area contributed by atoms with Gasteiger partial charge in [-0.1, -0.05) is 12.8 Å². The lowest BCUT2D eigenvalue weighted by molar-refractivity contribution is -0.135. The van der Waals surface area contributed by atoms with Crippen LogP contribution in [0.1, 0.15) is 58.8 Å². The molecule has 1 saturated carbocycles. The van der Waals surface area contributed by atoms with Crippen molar-refractivity contribution in [1.82, 2.24) is 10.2 Å². The van der Waals surface area contributed by atoms with Crippen LogP contribution in [0.4, 0.5) is 0 Å². The molecule has 0 aromatic heterocycles. The third kappa shape index (κ3) is 3.47. The van der Waals surface area contributed by atoms with E-state index in [-0.39, 0.29) is 0 Å². The first-order chi connectivity index (χ1) is 8.68. The highest BCUT2D eigenvalue weighted by molar-refractivity contribution is 5.76. The Balaban J connectivity index is 1.82. The average molecular weight is 252 g/mol. The number of carbonyl (C=O) groups is 1. The van der Waals surface area contributed by atoms with Crippen molar-refractivity contribution in [3.05, 3.63) is 0 Å². The highest BCUT2D eigenvalue weighted by Crippen LogP contribution is 2.26. The predicted molar refractivity (Wildman–Crippen MR) is 74.4 cm³/mol. The van der Waals surface area contributed by atoms with Crippen LogP contribution in [-0.4, -0.2) is 36.0 Å². The highest BCUT2D eigenvalue weighted by atomic mass is 16.2. The molecule has 2 rings (SSSR count). The lowest BCUT2D eigenvalue weighted by Crippen LogP contribution is -2.43. The molecule has 0 bridgehead atoms. The summed E-state index contributed by atoms with van der Waals surface area (Å²) >= 11 is 0. The minimum Gasteiger partial charge on any atom is -0.337 e. The maximum atomic E-state index is 12.4. The Bertz CT molecular complexity index is 266. The number of amides is 1. The summed E-state index contributed by atoms with van der Waals surface area (Å²) in [5, 5.41) is 3.38. The van der Waals surface area contributed by atoms with Crippen molar-refractivity contribution in [3.8, 4) is 0 Å². The van der Waals surface area contributed by atoms with Crippen molar-refractivity contribution < 1.29 is 4.79 Å². The zero-order valence-electron chi connectivity index (χ0n) is 12.0. The van der Waals surface area contributed by atoms with Crippen molar-refractivity contribution in [2.45, 2.75) is 70.9 Å². The molecule has 104 valence electrons. The van der Waals surface area contributed by atoms with Gasteiger partial charge in [0.1, 0.15) is 0 Å². The number of nitrogens with zero attached hydrogens (tertiary/aromatic N) is 1. The van der Waals surface area contributed by atoms with Gasteiger partial charge in [-0.3, -0.25) is 4.79 Å². The second-order valence-corrected chi connectivity index (χ2v) is 6.23. The molecule has 0 radical (unpaired) electrons. The van der Waals surface area contributed by atoms with Crippen molar-refractivity contribution in [2.24, 2.45) is 5.92 Å². The van der Waals surface area contributed by atoms with Crippen LogP contribution in [0.3, 0.4) is 0 Å². The Morgan fingerprint density at radius 1 is 1.28 bits per heavy atom. The standard InChI is InChI=1S/C15H28N2O/c1-12(2)17(14-5-3-4-6-14)15(18)8-7-13-9-10-16-11-13/h12-14,16H,3-11H2,1-2H3. The molecule has 0 aromatic rings. The zero-order chi connectivity index (χ0) is 13.0. The molecule has 2 fully saturated rings. The van der Waals surface area contributed by atoms with E-state index in [4.69, 9.17) is 0 Å². The number of nitrogens with one attached hydrogen (secondary N) is 1. The van der Waals surface area contributed by atoms with E-state index in [1.54, 1.807) is 0 Å². The molecule has 1 saturated heterocycles. The number of carbonyl (C=O) groups excluding carboxylic acids is 1. The van der Waals surface area contributed by atoms with E-state index in [2.05, 4.69) is 24.1 Å². The second-order valence-electron chi connectivity index (χ2n) is 6.23. The van der Waals surface area contributed by atoms with Crippen LogP contribution in [0.15, 0.2) is 0 Å². The van der Waals surface area contributed by atoms with E-state index < -0.39 is 0 Å². The van der Waals surface area contributed by atoms with Gasteiger partial charge in [0.2, 0.25) is 5.91 Å². The highest BCUT2D eigenvalue weighted by Gasteiger charge is 2.28. The molecule has 1 atom stereocenters. The van der Waals surface area contributed by atoms with Crippen molar-refractivity contribution >= 4 is 5.91 Å². The minimum absolute atomic E-state index is 0.363. The van der Waals surface area contributed by atoms with Gasteiger partial charge in [-0.2, -0.15) is 0 Å². The summed E-state index contributed by atoms with van der Waals surface area (Å²) < 4.78 is 0. The van der Waals surface area contributed by atoms with Gasteiger partial charge in [-0.25, -0.2) is 0 Å². The first-order valence-electron chi connectivity index (χ1n) is 7.70. The smallest absolute Gasteiger partial charge is 0.223 e. The average Bonchev–Trinajstić information content (AvgIpc) is 2.99. The van der Waals surface area contributed by atoms with Crippen LogP contribution in [0.25, 0.3) is 0 Å². The fourth-order valence-electron chi connectivity index (χ4n) is 3.51. The number of hydrogen-bond donors (Lipinski definition) is 1. The van der Waals surface area contributed by atoms with E-state index in [1.165, 1.54) is 32.1 Å². The third-order valence-electron chi connectivity index (χ3n) is 4.49. The Labute approximate surface area is 111 Å². The quantitative estimate of drug-likeness (QED) is 0.815. The Kier molecular flexibility index (Phi) is 5.04. The molecule has 3 nitrogen and oxygen atoms in total. The van der Waals surface area contributed by atoms with Crippen molar-refractivity contribution in [2.75, 3.05) is 13.1 Å². The Hall–Kier alpha value is -0.570. The summed E-state index contributed by atoms with van der Waals surface area (Å²) in [6, 6.07) is 0.890. The normalized spacial score (nSPS) is 24.9. The SMILES string of the molecule is CC(C)N(C(=O)CCC1CCNC1)C1CCCC1. The fourth-order valence-corrected chi connectivity index (χ4v) is 3.51. The summed E-state index contributed by atoms with van der Waals surface area (Å²) in [6.45, 7) is 6.56. The van der Waals surface area contributed by atoms with E-state index in [9.17, 15) is 4.79 Å². The zero-order valence-corrected chi connectivity index (χ0v) is 12.0. The van der Waals surface area contributed by atoms with Gasteiger partial charge in [0.25, 0.3) is 0 Å². The first-order valence-corrected chi connectivity index (χ1v) is 7.70. The van der Waals surface area contributed by atoms with Crippen LogP contribution in [-0.2, 0) is 4.79 Å². The molecule has 1 N–H and O–H groups in total. The summed E-state index contributed by atoms with van der Waals surface area (Å²) in [4.78, 5) is 14.6. The number of hydrogen-bond acceptors (Lipinski definition) is 2. The predicted octanol–water partition coefficient (Wildman–Crippen LogP) is 2.56. The van der Waals surface area contributed by atoms with Gasteiger partial charge in [-0.05, 0) is 58.5 Å². The first kappa shape index (κ1) is 13.9. The number of rotatable bonds is 5. The second kappa shape index (κ2) is 6.55. The molecular weight excluding hydrogens is 224 g/mol. The van der Waals surface area contributed by atoms with Crippen LogP contribution < -0.4 is 5.32 Å². The summed E-state index contributed by atoms with van der Waals surface area (Å²) in [6.07, 6.45) is 8.10. The molecule has 2 aliphatic rings. The lowest BCUT2D eigenvalue weighted by Gasteiger charge is -2.33. The van der Waals surface area contributed by atoms with E-state index in [0.717, 1.165) is 31.8 Å². The van der Waals surface area contributed by atoms with Gasteiger partial charge in [0.05, 0.1) is 0 Å². The molecule has 18 heavy (non-hydrogen) atoms. The molecule has 0 spiro atoms. The van der Waals surface area contributed by atoms with E-state index in [0.29, 0.717) is 18.0 Å². The van der Waals surface area contributed by atoms with Crippen molar-refractivity contribution in [3.63, 3.8) is 0 Å². The Morgan fingerprint density at radius 3 is 2.56 bits per heavy atom. The summed E-state index contributed by atoms with van der Waals surface area (Å²) in [5.41, 5.74) is 0. The molecule has 3 heteroatoms. The van der Waals surface area contributed by atoms with Gasteiger partial charge < -0.3 is 10.2 Å². The fraction of sp³-hybridized carbons (Fsp3) is 0.933.